The van der Waals surface area contributed by atoms with Crippen molar-refractivity contribution in [2.24, 2.45) is 0 Å². The third-order valence-electron chi connectivity index (χ3n) is 1.36. The van der Waals surface area contributed by atoms with E-state index in [9.17, 15) is 8.78 Å². The van der Waals surface area contributed by atoms with Gasteiger partial charge >= 0.3 is 0 Å². The summed E-state index contributed by atoms with van der Waals surface area (Å²) in [5, 5.41) is 8.78. The standard InChI is InChI=1S/C7H7BrF2O2/c8-6-2-4(3-12-6)1-5(11)7(9)10/h2-3,5,7,11H,1H2. The minimum atomic E-state index is -2.71. The molecule has 1 aromatic heterocycles. The predicted octanol–water partition coefficient (Wildman–Crippen LogP) is 2.21. The maximum Gasteiger partial charge on any atom is 0.264 e. The fourth-order valence-corrected chi connectivity index (χ4v) is 1.17. The molecule has 0 amide bonds. The summed E-state index contributed by atoms with van der Waals surface area (Å²) in [5.41, 5.74) is 0.551. The number of aliphatic hydroxyl groups excluding tert-OH is 1. The van der Waals surface area contributed by atoms with Crippen molar-refractivity contribution in [3.05, 3.63) is 22.6 Å². The lowest BCUT2D eigenvalue weighted by atomic mass is 10.1. The Morgan fingerprint density at radius 3 is 2.67 bits per heavy atom. The number of alkyl halides is 2. The van der Waals surface area contributed by atoms with Crippen molar-refractivity contribution in [1.29, 1.82) is 0 Å². The Morgan fingerprint density at radius 2 is 2.25 bits per heavy atom. The molecule has 0 saturated carbocycles. The summed E-state index contributed by atoms with van der Waals surface area (Å²) in [6, 6.07) is 1.55. The summed E-state index contributed by atoms with van der Waals surface area (Å²) in [6.45, 7) is 0. The topological polar surface area (TPSA) is 33.4 Å². The zero-order valence-electron chi connectivity index (χ0n) is 6.01. The lowest BCUT2D eigenvalue weighted by Crippen LogP contribution is -2.19. The van der Waals surface area contributed by atoms with Crippen molar-refractivity contribution < 1.29 is 18.3 Å². The minimum Gasteiger partial charge on any atom is -0.457 e. The van der Waals surface area contributed by atoms with E-state index in [-0.39, 0.29) is 6.42 Å². The van der Waals surface area contributed by atoms with E-state index in [4.69, 9.17) is 9.52 Å². The van der Waals surface area contributed by atoms with Gasteiger partial charge in [0.15, 0.2) is 4.67 Å². The number of furan rings is 1. The maximum absolute atomic E-state index is 11.8. The minimum absolute atomic E-state index is 0.0905. The van der Waals surface area contributed by atoms with Crippen molar-refractivity contribution in [2.75, 3.05) is 0 Å². The molecule has 1 unspecified atom stereocenters. The summed E-state index contributed by atoms with van der Waals surface area (Å²) < 4.78 is 28.9. The molecule has 1 atom stereocenters. The van der Waals surface area contributed by atoms with E-state index < -0.39 is 12.5 Å². The van der Waals surface area contributed by atoms with Gasteiger partial charge in [0.25, 0.3) is 6.43 Å². The lowest BCUT2D eigenvalue weighted by molar-refractivity contribution is -0.00371. The van der Waals surface area contributed by atoms with E-state index in [2.05, 4.69) is 15.9 Å². The predicted molar refractivity (Wildman–Crippen MR) is 42.1 cm³/mol. The van der Waals surface area contributed by atoms with Crippen LogP contribution in [0.15, 0.2) is 21.4 Å². The van der Waals surface area contributed by atoms with Gasteiger partial charge in [0, 0.05) is 6.42 Å². The fourth-order valence-electron chi connectivity index (χ4n) is 0.783. The van der Waals surface area contributed by atoms with Crippen molar-refractivity contribution >= 4 is 15.9 Å². The molecule has 0 aliphatic carbocycles. The van der Waals surface area contributed by atoms with Crippen LogP contribution in [0.25, 0.3) is 0 Å². The Bertz CT molecular complexity index is 249. The summed E-state index contributed by atoms with van der Waals surface area (Å²) >= 11 is 3.02. The van der Waals surface area contributed by atoms with Gasteiger partial charge < -0.3 is 9.52 Å². The van der Waals surface area contributed by atoms with Crippen LogP contribution in [-0.4, -0.2) is 17.6 Å². The smallest absolute Gasteiger partial charge is 0.264 e. The molecule has 0 fully saturated rings. The second kappa shape index (κ2) is 4.00. The normalized spacial score (nSPS) is 13.8. The number of rotatable bonds is 3. The van der Waals surface area contributed by atoms with Crippen LogP contribution in [0.5, 0.6) is 0 Å². The van der Waals surface area contributed by atoms with Crippen molar-refractivity contribution in [3.63, 3.8) is 0 Å². The first-order chi connectivity index (χ1) is 5.59. The average Bonchev–Trinajstić information content (AvgIpc) is 2.35. The molecule has 0 saturated heterocycles. The third-order valence-corrected chi connectivity index (χ3v) is 1.77. The Kier molecular flexibility index (Phi) is 3.22. The number of hydrogen-bond acceptors (Lipinski definition) is 2. The highest BCUT2D eigenvalue weighted by molar-refractivity contribution is 9.10. The maximum atomic E-state index is 11.8. The molecule has 0 aliphatic rings. The molecular weight excluding hydrogens is 234 g/mol. The van der Waals surface area contributed by atoms with Gasteiger partial charge in [-0.25, -0.2) is 8.78 Å². The lowest BCUT2D eigenvalue weighted by Gasteiger charge is -2.05. The summed E-state index contributed by atoms with van der Waals surface area (Å²) in [7, 11) is 0. The van der Waals surface area contributed by atoms with Crippen LogP contribution in [0.2, 0.25) is 0 Å². The fraction of sp³-hybridized carbons (Fsp3) is 0.429. The molecule has 1 heterocycles. The molecule has 0 bridgehead atoms. The zero-order valence-corrected chi connectivity index (χ0v) is 7.59. The molecule has 68 valence electrons. The van der Waals surface area contributed by atoms with Crippen LogP contribution in [0.1, 0.15) is 5.56 Å². The first kappa shape index (κ1) is 9.67. The number of halogens is 3. The van der Waals surface area contributed by atoms with Gasteiger partial charge in [-0.1, -0.05) is 0 Å². The molecule has 5 heteroatoms. The van der Waals surface area contributed by atoms with Crippen LogP contribution in [0, 0.1) is 0 Å². The molecule has 1 N–H and O–H groups in total. The Hall–Kier alpha value is -0.420. The molecule has 0 spiro atoms. The molecule has 12 heavy (non-hydrogen) atoms. The van der Waals surface area contributed by atoms with Crippen LogP contribution >= 0.6 is 15.9 Å². The Balaban J connectivity index is 2.52. The van der Waals surface area contributed by atoms with Gasteiger partial charge in [-0.15, -0.1) is 0 Å². The van der Waals surface area contributed by atoms with Gasteiger partial charge in [-0.2, -0.15) is 0 Å². The number of hydrogen-bond donors (Lipinski definition) is 1. The van der Waals surface area contributed by atoms with Gasteiger partial charge in [-0.05, 0) is 27.6 Å². The van der Waals surface area contributed by atoms with Gasteiger partial charge in [0.2, 0.25) is 0 Å². The zero-order chi connectivity index (χ0) is 9.14. The van der Waals surface area contributed by atoms with Crippen LogP contribution < -0.4 is 0 Å². The SMILES string of the molecule is OC(Cc1coc(Br)c1)C(F)F. The summed E-state index contributed by atoms with van der Waals surface area (Å²) in [4.78, 5) is 0. The third kappa shape index (κ3) is 2.57. The summed E-state index contributed by atoms with van der Waals surface area (Å²) in [5.74, 6) is 0. The Labute approximate surface area is 76.3 Å². The highest BCUT2D eigenvalue weighted by atomic mass is 79.9. The van der Waals surface area contributed by atoms with E-state index in [0.717, 1.165) is 0 Å². The molecule has 1 rings (SSSR count). The van der Waals surface area contributed by atoms with Crippen molar-refractivity contribution in [1.82, 2.24) is 0 Å². The van der Waals surface area contributed by atoms with Crippen LogP contribution in [0.4, 0.5) is 8.78 Å². The van der Waals surface area contributed by atoms with E-state index >= 15 is 0 Å². The van der Waals surface area contributed by atoms with Crippen LogP contribution in [0.3, 0.4) is 0 Å². The molecule has 0 aromatic carbocycles. The molecule has 2 nitrogen and oxygen atoms in total. The van der Waals surface area contributed by atoms with E-state index in [1.807, 2.05) is 0 Å². The molecule has 1 aromatic rings. The highest BCUT2D eigenvalue weighted by Crippen LogP contribution is 2.16. The average molecular weight is 241 g/mol. The van der Waals surface area contributed by atoms with Gasteiger partial charge in [0.05, 0.1) is 6.26 Å². The summed E-state index contributed by atoms with van der Waals surface area (Å²) in [6.07, 6.45) is -3.09. The van der Waals surface area contributed by atoms with E-state index in [0.29, 0.717) is 10.2 Å². The van der Waals surface area contributed by atoms with E-state index in [1.165, 1.54) is 6.26 Å². The Morgan fingerprint density at radius 1 is 1.58 bits per heavy atom. The monoisotopic (exact) mass is 240 g/mol. The first-order valence-corrected chi connectivity index (χ1v) is 4.08. The first-order valence-electron chi connectivity index (χ1n) is 3.28. The highest BCUT2D eigenvalue weighted by Gasteiger charge is 2.17. The quantitative estimate of drug-likeness (QED) is 0.879. The van der Waals surface area contributed by atoms with Gasteiger partial charge in [0.1, 0.15) is 6.10 Å². The second-order valence-electron chi connectivity index (χ2n) is 2.36. The number of aliphatic hydroxyl groups is 1. The molecule has 0 aliphatic heterocycles. The van der Waals surface area contributed by atoms with Crippen molar-refractivity contribution in [2.45, 2.75) is 19.0 Å². The van der Waals surface area contributed by atoms with Crippen LogP contribution in [-0.2, 0) is 6.42 Å². The second-order valence-corrected chi connectivity index (χ2v) is 3.15. The molecule has 0 radical (unpaired) electrons. The van der Waals surface area contributed by atoms with Gasteiger partial charge in [-0.3, -0.25) is 0 Å². The molecular formula is C7H7BrF2O2. The van der Waals surface area contributed by atoms with Crippen molar-refractivity contribution in [3.8, 4) is 0 Å². The largest absolute Gasteiger partial charge is 0.457 e. The van der Waals surface area contributed by atoms with E-state index in [1.54, 1.807) is 6.07 Å².